The van der Waals surface area contributed by atoms with E-state index in [1.807, 2.05) is 47.2 Å². The minimum absolute atomic E-state index is 0.334. The minimum Gasteiger partial charge on any atom is -0.497 e. The number of hydrogen-bond acceptors (Lipinski definition) is 2. The molecule has 0 bridgehead atoms. The standard InChI is InChI=1S/C17H15NO3/c1-21-13-7-5-12(6-8-13)11-18-10-9-14-15(17(19)20)3-2-4-16(14)18/h2-10H,11H2,1H3,(H,19,20). The maximum atomic E-state index is 11.2. The molecule has 0 unspecified atom stereocenters. The van der Waals surface area contributed by atoms with Crippen LogP contribution in [0.1, 0.15) is 15.9 Å². The molecule has 3 aromatic rings. The van der Waals surface area contributed by atoms with E-state index in [9.17, 15) is 9.90 Å². The second kappa shape index (κ2) is 5.32. The molecule has 106 valence electrons. The third-order valence-electron chi connectivity index (χ3n) is 3.56. The molecule has 0 saturated heterocycles. The zero-order valence-corrected chi connectivity index (χ0v) is 11.6. The van der Waals surface area contributed by atoms with Crippen LogP contribution in [-0.2, 0) is 6.54 Å². The lowest BCUT2D eigenvalue weighted by molar-refractivity contribution is 0.0699. The van der Waals surface area contributed by atoms with Gasteiger partial charge in [-0.25, -0.2) is 4.79 Å². The number of carboxylic acid groups (broad SMARTS) is 1. The quantitative estimate of drug-likeness (QED) is 0.797. The maximum absolute atomic E-state index is 11.2. The van der Waals surface area contributed by atoms with Gasteiger partial charge in [-0.1, -0.05) is 18.2 Å². The summed E-state index contributed by atoms with van der Waals surface area (Å²) >= 11 is 0. The first kappa shape index (κ1) is 13.2. The van der Waals surface area contributed by atoms with Crippen molar-refractivity contribution in [3.8, 4) is 5.75 Å². The molecule has 0 aliphatic carbocycles. The van der Waals surface area contributed by atoms with Gasteiger partial charge in [-0.15, -0.1) is 0 Å². The molecule has 3 rings (SSSR count). The smallest absolute Gasteiger partial charge is 0.336 e. The molecule has 0 radical (unpaired) electrons. The van der Waals surface area contributed by atoms with Gasteiger partial charge in [0.1, 0.15) is 5.75 Å². The SMILES string of the molecule is COc1ccc(Cn2ccc3c(C(=O)O)cccc32)cc1. The summed E-state index contributed by atoms with van der Waals surface area (Å²) in [6.45, 7) is 0.691. The Bertz CT molecular complexity index is 787. The van der Waals surface area contributed by atoms with Crippen LogP contribution in [0.5, 0.6) is 5.75 Å². The third kappa shape index (κ3) is 2.48. The van der Waals surface area contributed by atoms with Crippen LogP contribution in [0.4, 0.5) is 0 Å². The van der Waals surface area contributed by atoms with Crippen molar-refractivity contribution in [2.24, 2.45) is 0 Å². The molecule has 4 heteroatoms. The van der Waals surface area contributed by atoms with E-state index in [1.165, 1.54) is 0 Å². The molecule has 1 heterocycles. The molecule has 4 nitrogen and oxygen atoms in total. The van der Waals surface area contributed by atoms with Crippen molar-refractivity contribution < 1.29 is 14.6 Å². The number of ether oxygens (including phenoxy) is 1. The molecule has 0 atom stereocenters. The second-order valence-electron chi connectivity index (χ2n) is 4.84. The molecule has 0 fully saturated rings. The Hall–Kier alpha value is -2.75. The van der Waals surface area contributed by atoms with Crippen LogP contribution in [0, 0.1) is 0 Å². The summed E-state index contributed by atoms with van der Waals surface area (Å²) in [7, 11) is 1.64. The van der Waals surface area contributed by atoms with E-state index in [1.54, 1.807) is 19.2 Å². The molecule has 2 aromatic carbocycles. The van der Waals surface area contributed by atoms with Crippen molar-refractivity contribution in [3.05, 3.63) is 65.9 Å². The zero-order valence-electron chi connectivity index (χ0n) is 11.6. The number of rotatable bonds is 4. The summed E-state index contributed by atoms with van der Waals surface area (Å²) in [5.74, 6) is -0.0768. The first-order valence-electron chi connectivity index (χ1n) is 6.63. The number of hydrogen-bond donors (Lipinski definition) is 1. The van der Waals surface area contributed by atoms with E-state index in [-0.39, 0.29) is 0 Å². The highest BCUT2D eigenvalue weighted by atomic mass is 16.5. The summed E-state index contributed by atoms with van der Waals surface area (Å²) in [5.41, 5.74) is 2.39. The van der Waals surface area contributed by atoms with Crippen LogP contribution < -0.4 is 4.74 Å². The van der Waals surface area contributed by atoms with Crippen LogP contribution in [0.3, 0.4) is 0 Å². The molecule has 1 N–H and O–H groups in total. The fraction of sp³-hybridized carbons (Fsp3) is 0.118. The van der Waals surface area contributed by atoms with Gasteiger partial charge in [0.25, 0.3) is 0 Å². The summed E-state index contributed by atoms with van der Waals surface area (Å²) in [6.07, 6.45) is 1.92. The number of aromatic nitrogens is 1. The highest BCUT2D eigenvalue weighted by Crippen LogP contribution is 2.22. The van der Waals surface area contributed by atoms with E-state index in [4.69, 9.17) is 4.74 Å². The summed E-state index contributed by atoms with van der Waals surface area (Å²) in [5, 5.41) is 9.98. The van der Waals surface area contributed by atoms with E-state index < -0.39 is 5.97 Å². The van der Waals surface area contributed by atoms with Crippen molar-refractivity contribution in [2.45, 2.75) is 6.54 Å². The molecular weight excluding hydrogens is 266 g/mol. The van der Waals surface area contributed by atoms with Gasteiger partial charge >= 0.3 is 5.97 Å². The predicted molar refractivity (Wildman–Crippen MR) is 81.0 cm³/mol. The van der Waals surface area contributed by atoms with Gasteiger partial charge in [-0.2, -0.15) is 0 Å². The average Bonchev–Trinajstić information content (AvgIpc) is 2.91. The van der Waals surface area contributed by atoms with Gasteiger partial charge in [0.2, 0.25) is 0 Å². The van der Waals surface area contributed by atoms with Crippen LogP contribution >= 0.6 is 0 Å². The van der Waals surface area contributed by atoms with Crippen molar-refractivity contribution in [1.82, 2.24) is 4.57 Å². The van der Waals surface area contributed by atoms with Crippen LogP contribution in [-0.4, -0.2) is 22.8 Å². The molecule has 0 amide bonds. The minimum atomic E-state index is -0.900. The average molecular weight is 281 g/mol. The van der Waals surface area contributed by atoms with Crippen molar-refractivity contribution in [1.29, 1.82) is 0 Å². The third-order valence-corrected chi connectivity index (χ3v) is 3.56. The number of carbonyl (C=O) groups is 1. The number of fused-ring (bicyclic) bond motifs is 1. The number of carboxylic acids is 1. The molecule has 0 aliphatic heterocycles. The van der Waals surface area contributed by atoms with Gasteiger partial charge < -0.3 is 14.4 Å². The summed E-state index contributed by atoms with van der Waals surface area (Å²) < 4.78 is 7.19. The summed E-state index contributed by atoms with van der Waals surface area (Å²) in [4.78, 5) is 11.2. The molecule has 1 aromatic heterocycles. The first-order chi connectivity index (χ1) is 10.2. The second-order valence-corrected chi connectivity index (χ2v) is 4.84. The van der Waals surface area contributed by atoms with E-state index >= 15 is 0 Å². The lowest BCUT2D eigenvalue weighted by Gasteiger charge is -2.07. The fourth-order valence-corrected chi connectivity index (χ4v) is 2.48. The normalized spacial score (nSPS) is 10.7. The number of benzene rings is 2. The molecule has 21 heavy (non-hydrogen) atoms. The molecule has 0 spiro atoms. The van der Waals surface area contributed by atoms with Gasteiger partial charge in [0, 0.05) is 23.6 Å². The van der Waals surface area contributed by atoms with Gasteiger partial charge in [-0.05, 0) is 35.9 Å². The zero-order chi connectivity index (χ0) is 14.8. The van der Waals surface area contributed by atoms with Crippen LogP contribution in [0.15, 0.2) is 54.7 Å². The van der Waals surface area contributed by atoms with E-state index in [0.29, 0.717) is 12.1 Å². The van der Waals surface area contributed by atoms with E-state index in [2.05, 4.69) is 0 Å². The lowest BCUT2D eigenvalue weighted by Crippen LogP contribution is -2.00. The fourth-order valence-electron chi connectivity index (χ4n) is 2.48. The van der Waals surface area contributed by atoms with Gasteiger partial charge in [0.05, 0.1) is 12.7 Å². The van der Waals surface area contributed by atoms with Crippen LogP contribution in [0.25, 0.3) is 10.9 Å². The van der Waals surface area contributed by atoms with Crippen molar-refractivity contribution in [3.63, 3.8) is 0 Å². The predicted octanol–water partition coefficient (Wildman–Crippen LogP) is 3.40. The summed E-state index contributed by atoms with van der Waals surface area (Å²) in [6, 6.07) is 15.0. The monoisotopic (exact) mass is 281 g/mol. The Kier molecular flexibility index (Phi) is 3.36. The number of nitrogens with zero attached hydrogens (tertiary/aromatic N) is 1. The van der Waals surface area contributed by atoms with E-state index in [0.717, 1.165) is 22.2 Å². The van der Waals surface area contributed by atoms with Crippen molar-refractivity contribution >= 4 is 16.9 Å². The lowest BCUT2D eigenvalue weighted by atomic mass is 10.1. The highest BCUT2D eigenvalue weighted by Gasteiger charge is 2.10. The highest BCUT2D eigenvalue weighted by molar-refractivity contribution is 6.02. The molecular formula is C17H15NO3. The Balaban J connectivity index is 1.97. The van der Waals surface area contributed by atoms with Crippen LogP contribution in [0.2, 0.25) is 0 Å². The Morgan fingerprint density at radius 2 is 1.90 bits per heavy atom. The Morgan fingerprint density at radius 1 is 1.14 bits per heavy atom. The number of aromatic carboxylic acids is 1. The molecule has 0 aliphatic rings. The maximum Gasteiger partial charge on any atom is 0.336 e. The largest absolute Gasteiger partial charge is 0.497 e. The Labute approximate surface area is 122 Å². The first-order valence-corrected chi connectivity index (χ1v) is 6.63. The number of methoxy groups -OCH3 is 1. The molecule has 0 saturated carbocycles. The van der Waals surface area contributed by atoms with Crippen molar-refractivity contribution in [2.75, 3.05) is 7.11 Å². The topological polar surface area (TPSA) is 51.5 Å². The van der Waals surface area contributed by atoms with Gasteiger partial charge in [-0.3, -0.25) is 0 Å². The van der Waals surface area contributed by atoms with Gasteiger partial charge in [0.15, 0.2) is 0 Å². The Morgan fingerprint density at radius 3 is 2.57 bits per heavy atom.